The zero-order chi connectivity index (χ0) is 17.5. The summed E-state index contributed by atoms with van der Waals surface area (Å²) in [6, 6.07) is 0.347. The predicted molar refractivity (Wildman–Crippen MR) is 89.8 cm³/mol. The summed E-state index contributed by atoms with van der Waals surface area (Å²) < 4.78 is 12.6. The van der Waals surface area contributed by atoms with E-state index in [1.165, 1.54) is 19.3 Å². The monoisotopic (exact) mass is 352 g/mol. The lowest BCUT2D eigenvalue weighted by Crippen LogP contribution is -2.47. The Morgan fingerprint density at radius 3 is 3.00 bits per heavy atom. The number of hydrogen-bond acceptors (Lipinski definition) is 7. The molecule has 140 valence electrons. The highest BCUT2D eigenvalue weighted by Crippen LogP contribution is 2.20. The van der Waals surface area contributed by atoms with Crippen LogP contribution in [0.1, 0.15) is 44.0 Å². The van der Waals surface area contributed by atoms with E-state index >= 15 is 0 Å². The number of hydrogen-bond donors (Lipinski definition) is 1. The van der Waals surface area contributed by atoms with Gasteiger partial charge >= 0.3 is 0 Å². The van der Waals surface area contributed by atoms with E-state index in [2.05, 4.69) is 25.7 Å². The minimum atomic E-state index is -0.219. The quantitative estimate of drug-likeness (QED) is 0.746. The van der Waals surface area contributed by atoms with E-state index < -0.39 is 0 Å². The van der Waals surface area contributed by atoms with Gasteiger partial charge < -0.3 is 14.8 Å². The first-order chi connectivity index (χ1) is 12.3. The number of carbonyl (C=O) groups is 1. The molecular formula is C16H28N6O3. The molecule has 2 heterocycles. The van der Waals surface area contributed by atoms with Crippen molar-refractivity contribution in [2.24, 2.45) is 0 Å². The minimum absolute atomic E-state index is 0.103. The Kier molecular flexibility index (Phi) is 6.71. The molecule has 0 aromatic carbocycles. The summed E-state index contributed by atoms with van der Waals surface area (Å²) in [5.41, 5.74) is 0. The minimum Gasteiger partial charge on any atom is -0.383 e. The van der Waals surface area contributed by atoms with E-state index in [1.807, 2.05) is 0 Å². The van der Waals surface area contributed by atoms with E-state index in [-0.39, 0.29) is 12.0 Å². The summed E-state index contributed by atoms with van der Waals surface area (Å²) in [4.78, 5) is 14.4. The fourth-order valence-electron chi connectivity index (χ4n) is 3.50. The number of methoxy groups -OCH3 is 1. The highest BCUT2D eigenvalue weighted by molar-refractivity contribution is 5.78. The van der Waals surface area contributed by atoms with Crippen LogP contribution in [0.2, 0.25) is 0 Å². The third-order valence-electron chi connectivity index (χ3n) is 4.84. The van der Waals surface area contributed by atoms with Gasteiger partial charge in [-0.15, -0.1) is 5.10 Å². The molecular weight excluding hydrogens is 324 g/mol. The molecule has 0 spiro atoms. The van der Waals surface area contributed by atoms with Crippen molar-refractivity contribution < 1.29 is 14.3 Å². The van der Waals surface area contributed by atoms with Crippen molar-refractivity contribution in [1.82, 2.24) is 30.4 Å². The maximum atomic E-state index is 12.3. The number of aromatic nitrogens is 4. The molecule has 1 aromatic rings. The molecule has 1 aromatic heterocycles. The second-order valence-corrected chi connectivity index (χ2v) is 6.75. The van der Waals surface area contributed by atoms with Gasteiger partial charge in [0.05, 0.1) is 26.3 Å². The number of tetrazole rings is 1. The zero-order valence-corrected chi connectivity index (χ0v) is 14.9. The first-order valence-electron chi connectivity index (χ1n) is 9.14. The van der Waals surface area contributed by atoms with E-state index in [0.29, 0.717) is 44.7 Å². The van der Waals surface area contributed by atoms with E-state index in [1.54, 1.807) is 11.8 Å². The van der Waals surface area contributed by atoms with Gasteiger partial charge in [-0.2, -0.15) is 0 Å². The van der Waals surface area contributed by atoms with Crippen LogP contribution in [0.25, 0.3) is 0 Å². The number of nitrogens with one attached hydrogen (secondary N) is 1. The van der Waals surface area contributed by atoms with Crippen LogP contribution in [-0.4, -0.2) is 77.0 Å². The maximum absolute atomic E-state index is 12.3. The standard InChI is InChI=1S/C16H28N6O3/c1-24-9-8-22-16(18-19-20-22)14-11-21(7-10-25-14)12-15(23)17-13-5-3-2-4-6-13/h13-14H,2-12H2,1H3,(H,17,23)/t14-/m0/s1. The lowest BCUT2D eigenvalue weighted by molar-refractivity contribution is -0.125. The zero-order valence-electron chi connectivity index (χ0n) is 14.9. The van der Waals surface area contributed by atoms with Gasteiger partial charge in [0.2, 0.25) is 5.91 Å². The Balaban J connectivity index is 1.50. The van der Waals surface area contributed by atoms with Crippen LogP contribution in [-0.2, 0) is 20.8 Å². The molecule has 0 unspecified atom stereocenters. The van der Waals surface area contributed by atoms with Crippen molar-refractivity contribution in [3.05, 3.63) is 5.82 Å². The first-order valence-corrected chi connectivity index (χ1v) is 9.14. The first kappa shape index (κ1) is 18.2. The summed E-state index contributed by atoms with van der Waals surface area (Å²) in [7, 11) is 1.65. The Bertz CT molecular complexity index is 546. The van der Waals surface area contributed by atoms with Crippen LogP contribution in [0.15, 0.2) is 0 Å². The largest absolute Gasteiger partial charge is 0.383 e. The Hall–Kier alpha value is -1.58. The smallest absolute Gasteiger partial charge is 0.234 e. The molecule has 1 aliphatic heterocycles. The van der Waals surface area contributed by atoms with Gasteiger partial charge in [-0.05, 0) is 23.3 Å². The number of amides is 1. The molecule has 1 aliphatic carbocycles. The van der Waals surface area contributed by atoms with Crippen LogP contribution in [0.3, 0.4) is 0 Å². The topological polar surface area (TPSA) is 94.4 Å². The van der Waals surface area contributed by atoms with Gasteiger partial charge in [0, 0.05) is 26.2 Å². The third kappa shape index (κ3) is 5.20. The molecule has 25 heavy (non-hydrogen) atoms. The number of morpholine rings is 1. The summed E-state index contributed by atoms with van der Waals surface area (Å²) in [5.74, 6) is 0.793. The number of rotatable bonds is 7. The SMILES string of the molecule is COCCn1nnnc1[C@@H]1CN(CC(=O)NC2CCCCC2)CCO1. The van der Waals surface area contributed by atoms with Crippen LogP contribution in [0.4, 0.5) is 0 Å². The van der Waals surface area contributed by atoms with Crippen molar-refractivity contribution in [3.63, 3.8) is 0 Å². The van der Waals surface area contributed by atoms with E-state index in [9.17, 15) is 4.79 Å². The van der Waals surface area contributed by atoms with Gasteiger partial charge in [-0.1, -0.05) is 19.3 Å². The lowest BCUT2D eigenvalue weighted by atomic mass is 9.95. The van der Waals surface area contributed by atoms with Gasteiger partial charge in [0.1, 0.15) is 6.10 Å². The van der Waals surface area contributed by atoms with Gasteiger partial charge in [0.15, 0.2) is 5.82 Å². The highest BCUT2D eigenvalue weighted by Gasteiger charge is 2.28. The summed E-state index contributed by atoms with van der Waals surface area (Å²) in [6.07, 6.45) is 5.71. The van der Waals surface area contributed by atoms with Crippen LogP contribution in [0.5, 0.6) is 0 Å². The maximum Gasteiger partial charge on any atom is 0.234 e. The molecule has 0 radical (unpaired) electrons. The van der Waals surface area contributed by atoms with E-state index in [0.717, 1.165) is 19.4 Å². The average Bonchev–Trinajstić information content (AvgIpc) is 3.09. The predicted octanol–water partition coefficient (Wildman–Crippen LogP) is 0.142. The molecule has 9 nitrogen and oxygen atoms in total. The summed E-state index contributed by atoms with van der Waals surface area (Å²) in [5, 5.41) is 15.0. The number of carbonyl (C=O) groups excluding carboxylic acids is 1. The number of nitrogens with zero attached hydrogens (tertiary/aromatic N) is 5. The molecule has 2 aliphatic rings. The van der Waals surface area contributed by atoms with Crippen molar-refractivity contribution in [1.29, 1.82) is 0 Å². The lowest BCUT2D eigenvalue weighted by Gasteiger charge is -2.32. The molecule has 1 saturated heterocycles. The van der Waals surface area contributed by atoms with E-state index in [4.69, 9.17) is 9.47 Å². The molecule has 0 bridgehead atoms. The molecule has 2 fully saturated rings. The third-order valence-corrected chi connectivity index (χ3v) is 4.84. The van der Waals surface area contributed by atoms with Crippen molar-refractivity contribution in [2.45, 2.75) is 50.8 Å². The summed E-state index contributed by atoms with van der Waals surface area (Å²) in [6.45, 7) is 3.45. The Morgan fingerprint density at radius 2 is 2.20 bits per heavy atom. The Morgan fingerprint density at radius 1 is 1.36 bits per heavy atom. The van der Waals surface area contributed by atoms with Crippen LogP contribution < -0.4 is 5.32 Å². The molecule has 1 atom stereocenters. The second kappa shape index (κ2) is 9.21. The fourth-order valence-corrected chi connectivity index (χ4v) is 3.50. The van der Waals surface area contributed by atoms with Gasteiger partial charge in [0.25, 0.3) is 0 Å². The van der Waals surface area contributed by atoms with Gasteiger partial charge in [-0.25, -0.2) is 4.68 Å². The molecule has 1 saturated carbocycles. The summed E-state index contributed by atoms with van der Waals surface area (Å²) >= 11 is 0. The fraction of sp³-hybridized carbons (Fsp3) is 0.875. The van der Waals surface area contributed by atoms with Crippen molar-refractivity contribution >= 4 is 5.91 Å². The molecule has 9 heteroatoms. The second-order valence-electron chi connectivity index (χ2n) is 6.75. The molecule has 1 amide bonds. The van der Waals surface area contributed by atoms with Crippen molar-refractivity contribution in [2.75, 3.05) is 40.0 Å². The molecule has 1 N–H and O–H groups in total. The van der Waals surface area contributed by atoms with Crippen LogP contribution >= 0.6 is 0 Å². The average molecular weight is 352 g/mol. The van der Waals surface area contributed by atoms with Gasteiger partial charge in [-0.3, -0.25) is 9.69 Å². The highest BCUT2D eigenvalue weighted by atomic mass is 16.5. The Labute approximate surface area is 148 Å². The molecule has 3 rings (SSSR count). The van der Waals surface area contributed by atoms with Crippen molar-refractivity contribution in [3.8, 4) is 0 Å². The van der Waals surface area contributed by atoms with Crippen LogP contribution in [0, 0.1) is 0 Å². The normalized spacial score (nSPS) is 22.8. The number of ether oxygens (including phenoxy) is 2.